The van der Waals surface area contributed by atoms with Gasteiger partial charge in [-0.15, -0.1) is 11.3 Å². The van der Waals surface area contributed by atoms with Crippen LogP contribution < -0.4 is 14.8 Å². The number of ether oxygens (including phenoxy) is 1. The number of benzene rings is 2. The molecule has 162 valence electrons. The van der Waals surface area contributed by atoms with Gasteiger partial charge >= 0.3 is 6.09 Å². The van der Waals surface area contributed by atoms with Crippen molar-refractivity contribution < 1.29 is 14.6 Å². The zero-order valence-corrected chi connectivity index (χ0v) is 18.7. The van der Waals surface area contributed by atoms with Gasteiger partial charge in [-0.2, -0.15) is 0 Å². The standard InChI is InChI=1S/C23H26N4O3S/c1-15-11-17(25-3-5-27(6-4-25)23(28)29)13-19-21(15)24-22-16(2)12-18(14-20(22)31-19)26-7-9-30-10-8-26/h11-14H,3-10H2,1-2H3/p+1. The molecule has 3 aliphatic heterocycles. The van der Waals surface area contributed by atoms with Crippen molar-refractivity contribution in [3.63, 3.8) is 0 Å². The van der Waals surface area contributed by atoms with Gasteiger partial charge in [0.1, 0.15) is 13.2 Å². The number of anilines is 1. The lowest BCUT2D eigenvalue weighted by atomic mass is 10.1. The average molecular weight is 440 g/mol. The first-order valence-electron chi connectivity index (χ1n) is 10.7. The van der Waals surface area contributed by atoms with Crippen LogP contribution in [0.15, 0.2) is 24.3 Å². The van der Waals surface area contributed by atoms with E-state index in [0.717, 1.165) is 48.8 Å². The number of rotatable bonds is 1. The molecule has 0 bridgehead atoms. The van der Waals surface area contributed by atoms with Gasteiger partial charge < -0.3 is 19.6 Å². The number of hydrogen-bond acceptors (Lipinski definition) is 5. The first kappa shape index (κ1) is 20.2. The molecule has 5 rings (SSSR count). The Morgan fingerprint density at radius 2 is 1.81 bits per heavy atom. The van der Waals surface area contributed by atoms with Gasteiger partial charge in [0.05, 0.1) is 20.8 Å². The molecule has 0 atom stereocenters. The minimum Gasteiger partial charge on any atom is -0.465 e. The summed E-state index contributed by atoms with van der Waals surface area (Å²) in [6.07, 6.45) is -0.835. The van der Waals surface area contributed by atoms with Crippen LogP contribution in [0.1, 0.15) is 11.1 Å². The molecule has 1 aromatic carbocycles. The molecule has 31 heavy (non-hydrogen) atoms. The molecule has 4 aliphatic rings. The fraction of sp³-hybridized carbons (Fsp3) is 0.435. The van der Waals surface area contributed by atoms with Crippen molar-refractivity contribution >= 4 is 33.3 Å². The van der Waals surface area contributed by atoms with E-state index in [1.165, 1.54) is 25.4 Å². The highest BCUT2D eigenvalue weighted by Crippen LogP contribution is 2.35. The lowest BCUT2D eigenvalue weighted by molar-refractivity contribution is 0.0965. The number of hydrogen-bond donors (Lipinski definition) is 1. The van der Waals surface area contributed by atoms with Crippen LogP contribution in [0.25, 0.3) is 20.8 Å². The van der Waals surface area contributed by atoms with Crippen molar-refractivity contribution in [1.82, 2.24) is 14.5 Å². The van der Waals surface area contributed by atoms with E-state index >= 15 is 0 Å². The van der Waals surface area contributed by atoms with Gasteiger partial charge in [0.2, 0.25) is 5.36 Å². The summed E-state index contributed by atoms with van der Waals surface area (Å²) in [4.78, 5) is 21.2. The maximum absolute atomic E-state index is 11.2. The van der Waals surface area contributed by atoms with Crippen molar-refractivity contribution in [1.29, 1.82) is 0 Å². The zero-order valence-electron chi connectivity index (χ0n) is 17.9. The number of aryl methyl sites for hydroxylation is 2. The Morgan fingerprint density at radius 1 is 1.06 bits per heavy atom. The topological polar surface area (TPSA) is 68.9 Å². The number of morpholine rings is 1. The predicted molar refractivity (Wildman–Crippen MR) is 123 cm³/mol. The lowest BCUT2D eigenvalue weighted by Gasteiger charge is -2.34. The maximum atomic E-state index is 11.2. The van der Waals surface area contributed by atoms with E-state index in [0.29, 0.717) is 26.2 Å². The second-order valence-electron chi connectivity index (χ2n) is 8.29. The molecular formula is C23H27N4O3S+. The average Bonchev–Trinajstić information content (AvgIpc) is 2.78. The second-order valence-corrected chi connectivity index (χ2v) is 9.37. The van der Waals surface area contributed by atoms with E-state index in [9.17, 15) is 9.90 Å². The van der Waals surface area contributed by atoms with E-state index in [2.05, 4.69) is 47.6 Å². The van der Waals surface area contributed by atoms with Gasteiger partial charge in [-0.05, 0) is 37.1 Å². The van der Waals surface area contributed by atoms with Gasteiger partial charge in [-0.25, -0.2) is 14.4 Å². The lowest BCUT2D eigenvalue weighted by Crippen LogP contribution is -2.48. The van der Waals surface area contributed by atoms with Crippen molar-refractivity contribution in [2.45, 2.75) is 13.8 Å². The van der Waals surface area contributed by atoms with Crippen LogP contribution >= 0.6 is 11.3 Å². The van der Waals surface area contributed by atoms with Crippen LogP contribution in [0.2, 0.25) is 0 Å². The molecular weight excluding hydrogens is 412 g/mol. The molecule has 1 aliphatic carbocycles. The van der Waals surface area contributed by atoms with E-state index in [1.807, 2.05) is 0 Å². The molecule has 0 saturated carbocycles. The molecule has 8 heteroatoms. The summed E-state index contributed by atoms with van der Waals surface area (Å²) in [6.45, 7) is 10.1. The van der Waals surface area contributed by atoms with Crippen LogP contribution in [0.4, 0.5) is 10.5 Å². The predicted octanol–water partition coefficient (Wildman–Crippen LogP) is 2.62. The minimum absolute atomic E-state index is 0.536. The maximum Gasteiger partial charge on any atom is 0.407 e. The van der Waals surface area contributed by atoms with Gasteiger partial charge in [0.15, 0.2) is 13.1 Å². The molecule has 7 nitrogen and oxygen atoms in total. The number of piperazine rings is 1. The monoisotopic (exact) mass is 439 g/mol. The summed E-state index contributed by atoms with van der Waals surface area (Å²) in [5, 5.41) is 10.4. The highest BCUT2D eigenvalue weighted by Gasteiger charge is 2.22. The number of amides is 1. The third kappa shape index (κ3) is 3.85. The van der Waals surface area contributed by atoms with Crippen LogP contribution in [-0.2, 0) is 4.74 Å². The van der Waals surface area contributed by atoms with E-state index in [1.54, 1.807) is 11.3 Å². The Hall–Kier alpha value is -2.71. The van der Waals surface area contributed by atoms with Crippen molar-refractivity contribution in [3.8, 4) is 10.6 Å². The quantitative estimate of drug-likeness (QED) is 0.466. The SMILES string of the molecule is Cc1cc(=[N+]2CCOCC2)cc2sc3cc(N4CCN(C(=O)O)CC4)cc(C)c3nc1-2. The fourth-order valence-electron chi connectivity index (χ4n) is 4.47. The number of fused-ring (bicyclic) bond motifs is 2. The molecule has 2 saturated heterocycles. The summed E-state index contributed by atoms with van der Waals surface area (Å²) in [7, 11) is 0. The van der Waals surface area contributed by atoms with Crippen molar-refractivity contribution in [2.24, 2.45) is 0 Å². The van der Waals surface area contributed by atoms with Crippen LogP contribution in [-0.4, -0.2) is 73.6 Å². The van der Waals surface area contributed by atoms with Crippen LogP contribution in [0.3, 0.4) is 0 Å². The highest BCUT2D eigenvalue weighted by molar-refractivity contribution is 7.21. The van der Waals surface area contributed by atoms with Crippen molar-refractivity contribution in [3.05, 3.63) is 40.7 Å². The summed E-state index contributed by atoms with van der Waals surface area (Å²) in [6, 6.07) is 8.90. The summed E-state index contributed by atoms with van der Waals surface area (Å²) >= 11 is 1.79. The third-order valence-corrected chi connectivity index (χ3v) is 7.30. The van der Waals surface area contributed by atoms with Gasteiger partial charge in [-0.1, -0.05) is 0 Å². The zero-order chi connectivity index (χ0) is 21.5. The molecule has 1 amide bonds. The van der Waals surface area contributed by atoms with Gasteiger partial charge in [0, 0.05) is 44.0 Å². The van der Waals surface area contributed by atoms with Crippen molar-refractivity contribution in [2.75, 3.05) is 57.4 Å². The number of carbonyl (C=O) groups is 1. The first-order chi connectivity index (χ1) is 15.0. The summed E-state index contributed by atoms with van der Waals surface area (Å²) < 4.78 is 9.06. The Bertz CT molecular complexity index is 1190. The number of carboxylic acid groups (broad SMARTS) is 1. The second kappa shape index (κ2) is 8.09. The molecule has 0 aromatic heterocycles. The molecule has 0 unspecified atom stereocenters. The Labute approximate surface area is 185 Å². The molecule has 1 N–H and O–H groups in total. The fourth-order valence-corrected chi connectivity index (χ4v) is 5.68. The van der Waals surface area contributed by atoms with E-state index in [4.69, 9.17) is 9.72 Å². The smallest absolute Gasteiger partial charge is 0.407 e. The Morgan fingerprint density at radius 3 is 2.52 bits per heavy atom. The minimum atomic E-state index is -0.835. The molecule has 2 fully saturated rings. The van der Waals surface area contributed by atoms with E-state index in [-0.39, 0.29) is 0 Å². The Kier molecular flexibility index (Phi) is 5.27. The largest absolute Gasteiger partial charge is 0.465 e. The highest BCUT2D eigenvalue weighted by atomic mass is 32.1. The summed E-state index contributed by atoms with van der Waals surface area (Å²) in [5.41, 5.74) is 5.62. The van der Waals surface area contributed by atoms with Crippen LogP contribution in [0, 0.1) is 13.8 Å². The number of aromatic nitrogens is 1. The molecule has 1 aromatic rings. The third-order valence-electron chi connectivity index (χ3n) is 6.24. The van der Waals surface area contributed by atoms with E-state index < -0.39 is 6.09 Å². The normalized spacial score (nSPS) is 17.5. The number of nitrogens with zero attached hydrogens (tertiary/aromatic N) is 4. The molecule has 0 spiro atoms. The Balaban J connectivity index is 1.57. The molecule has 0 radical (unpaired) electrons. The summed E-state index contributed by atoms with van der Waals surface area (Å²) in [5.74, 6) is 0. The first-order valence-corrected chi connectivity index (χ1v) is 11.6. The molecule has 3 heterocycles. The van der Waals surface area contributed by atoms with Crippen LogP contribution in [0.5, 0.6) is 0 Å². The van der Waals surface area contributed by atoms with Gasteiger partial charge in [-0.3, -0.25) is 0 Å². The van der Waals surface area contributed by atoms with Gasteiger partial charge in [0.25, 0.3) is 0 Å².